The fourth-order valence-corrected chi connectivity index (χ4v) is 7.34. The van der Waals surface area contributed by atoms with Crippen molar-refractivity contribution in [2.24, 2.45) is 23.7 Å². The second-order valence-corrected chi connectivity index (χ2v) is 11.7. The predicted octanol–water partition coefficient (Wildman–Crippen LogP) is 8.89. The van der Waals surface area contributed by atoms with E-state index in [2.05, 4.69) is 40.4 Å². The zero-order chi connectivity index (χ0) is 26.8. The van der Waals surface area contributed by atoms with Gasteiger partial charge in [0, 0.05) is 6.54 Å². The maximum atomic E-state index is 12.6. The van der Waals surface area contributed by atoms with Crippen LogP contribution in [0.15, 0.2) is 72.8 Å². The lowest BCUT2D eigenvalue weighted by Gasteiger charge is -2.53. The summed E-state index contributed by atoms with van der Waals surface area (Å²) < 4.78 is 48.6. The van der Waals surface area contributed by atoms with Crippen LogP contribution in [0.1, 0.15) is 50.5 Å². The van der Waals surface area contributed by atoms with E-state index in [0.717, 1.165) is 60.2 Å². The molecule has 0 aromatic heterocycles. The molecule has 4 aliphatic rings. The topological polar surface area (TPSA) is 30.5 Å². The molecule has 4 aliphatic carbocycles. The van der Waals surface area contributed by atoms with E-state index in [4.69, 9.17) is 4.74 Å². The lowest BCUT2D eigenvalue weighted by Crippen LogP contribution is -2.50. The maximum absolute atomic E-state index is 12.6. The fraction of sp³-hybridized carbons (Fsp3) is 0.455. The minimum absolute atomic E-state index is 0.218. The molecule has 3 aromatic carbocycles. The Morgan fingerprint density at radius 2 is 1.41 bits per heavy atom. The maximum Gasteiger partial charge on any atom is 0.573 e. The van der Waals surface area contributed by atoms with Crippen molar-refractivity contribution in [1.82, 2.24) is 0 Å². The molecule has 4 saturated carbocycles. The van der Waals surface area contributed by atoms with Crippen molar-refractivity contribution in [3.05, 3.63) is 78.4 Å². The third kappa shape index (κ3) is 6.37. The number of benzene rings is 3. The molecular formula is C33H36F3NO2. The number of nitrogens with one attached hydrogen (secondary N) is 1. The minimum Gasteiger partial charge on any atom is -0.488 e. The monoisotopic (exact) mass is 535 g/mol. The molecular weight excluding hydrogens is 499 g/mol. The molecule has 3 aromatic rings. The highest BCUT2D eigenvalue weighted by molar-refractivity contribution is 5.72. The van der Waals surface area contributed by atoms with E-state index in [1.807, 2.05) is 18.2 Å². The van der Waals surface area contributed by atoms with Gasteiger partial charge in [0.05, 0.1) is 5.69 Å². The lowest BCUT2D eigenvalue weighted by atomic mass is 9.55. The molecule has 0 aliphatic heterocycles. The number of unbranched alkanes of at least 4 members (excludes halogenated alkanes) is 1. The highest BCUT2D eigenvalue weighted by Crippen LogP contribution is 2.55. The molecule has 4 bridgehead atoms. The van der Waals surface area contributed by atoms with Crippen molar-refractivity contribution < 1.29 is 22.6 Å². The molecule has 6 heteroatoms. The molecule has 0 radical (unpaired) electrons. The summed E-state index contributed by atoms with van der Waals surface area (Å²) in [5, 5.41) is 3.63. The molecule has 0 atom stereocenters. The van der Waals surface area contributed by atoms with Crippen molar-refractivity contribution in [2.45, 2.75) is 63.8 Å². The number of halogens is 3. The highest BCUT2D eigenvalue weighted by Gasteiger charge is 2.49. The molecule has 39 heavy (non-hydrogen) atoms. The number of aryl methyl sites for hydroxylation is 1. The van der Waals surface area contributed by atoms with Crippen LogP contribution in [-0.2, 0) is 6.42 Å². The average Bonchev–Trinajstić information content (AvgIpc) is 2.91. The van der Waals surface area contributed by atoms with E-state index < -0.39 is 6.36 Å². The molecule has 0 saturated heterocycles. The van der Waals surface area contributed by atoms with Gasteiger partial charge in [-0.1, -0.05) is 48.5 Å². The number of rotatable bonds is 10. The molecule has 4 fully saturated rings. The molecule has 1 N–H and O–H groups in total. The van der Waals surface area contributed by atoms with E-state index in [1.165, 1.54) is 49.8 Å². The zero-order valence-corrected chi connectivity index (χ0v) is 22.1. The quantitative estimate of drug-likeness (QED) is 0.263. The van der Waals surface area contributed by atoms with Crippen LogP contribution in [0, 0.1) is 23.7 Å². The van der Waals surface area contributed by atoms with Gasteiger partial charge in [-0.2, -0.15) is 0 Å². The largest absolute Gasteiger partial charge is 0.573 e. The number of hydrogen-bond acceptors (Lipinski definition) is 3. The normalized spacial score (nSPS) is 25.5. The second kappa shape index (κ2) is 11.1. The van der Waals surface area contributed by atoms with Crippen LogP contribution >= 0.6 is 0 Å². The van der Waals surface area contributed by atoms with Crippen molar-refractivity contribution in [1.29, 1.82) is 0 Å². The van der Waals surface area contributed by atoms with Crippen LogP contribution in [0.5, 0.6) is 11.5 Å². The van der Waals surface area contributed by atoms with Gasteiger partial charge in [-0.25, -0.2) is 0 Å². The Balaban J connectivity index is 1.17. The molecule has 0 unspecified atom stereocenters. The Morgan fingerprint density at radius 3 is 2.08 bits per heavy atom. The first-order valence-corrected chi connectivity index (χ1v) is 14.3. The Bertz CT molecular complexity index is 1210. The first-order valence-electron chi connectivity index (χ1n) is 14.3. The van der Waals surface area contributed by atoms with Gasteiger partial charge in [0.15, 0.2) is 0 Å². The van der Waals surface area contributed by atoms with Gasteiger partial charge in [0.2, 0.25) is 0 Å². The summed E-state index contributed by atoms with van der Waals surface area (Å²) in [6.07, 6.45) is 5.34. The predicted molar refractivity (Wildman–Crippen MR) is 148 cm³/mol. The van der Waals surface area contributed by atoms with E-state index in [1.54, 1.807) is 12.1 Å². The molecule has 206 valence electrons. The summed E-state index contributed by atoms with van der Waals surface area (Å²) in [6.45, 7) is 0.826. The van der Waals surface area contributed by atoms with Crippen LogP contribution in [0.3, 0.4) is 0 Å². The van der Waals surface area contributed by atoms with E-state index in [9.17, 15) is 13.2 Å². The van der Waals surface area contributed by atoms with Crippen molar-refractivity contribution in [3.8, 4) is 22.6 Å². The smallest absolute Gasteiger partial charge is 0.488 e. The lowest BCUT2D eigenvalue weighted by molar-refractivity contribution is -0.274. The van der Waals surface area contributed by atoms with Gasteiger partial charge in [-0.05, 0) is 116 Å². The fourth-order valence-electron chi connectivity index (χ4n) is 7.34. The Hall–Kier alpha value is -3.15. The summed E-state index contributed by atoms with van der Waals surface area (Å²) in [5.74, 6) is 3.75. The Kier molecular flexibility index (Phi) is 7.46. The highest BCUT2D eigenvalue weighted by atomic mass is 19.4. The van der Waals surface area contributed by atoms with Crippen molar-refractivity contribution in [3.63, 3.8) is 0 Å². The summed E-state index contributed by atoms with van der Waals surface area (Å²) in [4.78, 5) is 0. The summed E-state index contributed by atoms with van der Waals surface area (Å²) in [6, 6.07) is 22.7. The van der Waals surface area contributed by atoms with Crippen LogP contribution in [0.4, 0.5) is 18.9 Å². The first kappa shape index (κ1) is 26.1. The second-order valence-electron chi connectivity index (χ2n) is 11.7. The first-order chi connectivity index (χ1) is 18.9. The van der Waals surface area contributed by atoms with Crippen LogP contribution in [0.25, 0.3) is 11.1 Å². The Morgan fingerprint density at radius 1 is 0.744 bits per heavy atom. The van der Waals surface area contributed by atoms with Crippen LogP contribution in [0.2, 0.25) is 0 Å². The number of hydrogen-bond donors (Lipinski definition) is 1. The van der Waals surface area contributed by atoms with Gasteiger partial charge in [0.25, 0.3) is 0 Å². The zero-order valence-electron chi connectivity index (χ0n) is 22.1. The van der Waals surface area contributed by atoms with E-state index in [-0.39, 0.29) is 11.9 Å². The standard InChI is InChI=1S/C33H36F3NO2/c34-33(35,36)39-29-12-9-25(10-13-29)26-11-14-31(38-32-27-17-23-16-24(19-27)20-28(32)18-23)30(21-26)37-15-5-4-8-22-6-2-1-3-7-22/h1-3,6-7,9-14,21,23-24,27-28,32,37H,4-5,8,15-20H2. The van der Waals surface area contributed by atoms with Gasteiger partial charge in [-0.3, -0.25) is 0 Å². The van der Waals surface area contributed by atoms with E-state index >= 15 is 0 Å². The Labute approximate surface area is 228 Å². The number of alkyl halides is 3. The number of anilines is 1. The number of ether oxygens (including phenoxy) is 2. The summed E-state index contributed by atoms with van der Waals surface area (Å²) in [5.41, 5.74) is 4.07. The summed E-state index contributed by atoms with van der Waals surface area (Å²) >= 11 is 0. The third-order valence-electron chi connectivity index (χ3n) is 8.85. The van der Waals surface area contributed by atoms with Crippen LogP contribution < -0.4 is 14.8 Å². The van der Waals surface area contributed by atoms with E-state index in [0.29, 0.717) is 11.8 Å². The molecule has 0 spiro atoms. The van der Waals surface area contributed by atoms with Gasteiger partial charge < -0.3 is 14.8 Å². The van der Waals surface area contributed by atoms with Gasteiger partial charge >= 0.3 is 6.36 Å². The molecule has 7 rings (SSSR count). The SMILES string of the molecule is FC(F)(F)Oc1ccc(-c2ccc(OC3C4CC5CC(C4)CC3C5)c(NCCCCc3ccccc3)c2)cc1. The third-order valence-corrected chi connectivity index (χ3v) is 8.85. The molecule has 0 amide bonds. The van der Waals surface area contributed by atoms with Crippen LogP contribution in [-0.4, -0.2) is 19.0 Å². The molecule has 0 heterocycles. The average molecular weight is 536 g/mol. The summed E-state index contributed by atoms with van der Waals surface area (Å²) in [7, 11) is 0. The van der Waals surface area contributed by atoms with Gasteiger partial charge in [0.1, 0.15) is 17.6 Å². The van der Waals surface area contributed by atoms with Gasteiger partial charge in [-0.15, -0.1) is 13.2 Å². The minimum atomic E-state index is -4.70. The molecule has 3 nitrogen and oxygen atoms in total. The van der Waals surface area contributed by atoms with Crippen molar-refractivity contribution >= 4 is 5.69 Å². The van der Waals surface area contributed by atoms with Crippen molar-refractivity contribution in [2.75, 3.05) is 11.9 Å².